The fraction of sp³-hybridized carbons (Fsp3) is 0.133. The van der Waals surface area contributed by atoms with Crippen LogP contribution in [0.2, 0.25) is 0 Å². The average Bonchev–Trinajstić information content (AvgIpc) is 2.80. The zero-order chi connectivity index (χ0) is 13.2. The van der Waals surface area contributed by atoms with Crippen LogP contribution in [0, 0.1) is 0 Å². The van der Waals surface area contributed by atoms with Gasteiger partial charge >= 0.3 is 0 Å². The van der Waals surface area contributed by atoms with Crippen molar-refractivity contribution in [1.82, 2.24) is 9.97 Å². The molecule has 4 nitrogen and oxygen atoms in total. The molecule has 3 aromatic rings. The number of nitrogens with zero attached hydrogens (tertiary/aromatic N) is 1. The standard InChI is InChI=1S/C15H15N3O/c16-9-11-4-2-1-3-10(11)7-15-17-13-6-5-12(19)8-14(13)18-15/h1-6,8,19H,7,9,16H2,(H,17,18). The van der Waals surface area contributed by atoms with E-state index >= 15 is 0 Å². The number of nitrogens with one attached hydrogen (secondary N) is 1. The van der Waals surface area contributed by atoms with Crippen LogP contribution in [0.4, 0.5) is 0 Å². The molecule has 0 atom stereocenters. The van der Waals surface area contributed by atoms with E-state index in [9.17, 15) is 5.11 Å². The first kappa shape index (κ1) is 11.7. The number of imidazole rings is 1. The fourth-order valence-electron chi connectivity index (χ4n) is 2.24. The molecule has 0 fully saturated rings. The Morgan fingerprint density at radius 3 is 2.68 bits per heavy atom. The number of rotatable bonds is 3. The van der Waals surface area contributed by atoms with Gasteiger partial charge in [-0.25, -0.2) is 4.98 Å². The smallest absolute Gasteiger partial charge is 0.117 e. The predicted molar refractivity (Wildman–Crippen MR) is 74.9 cm³/mol. The molecule has 0 radical (unpaired) electrons. The van der Waals surface area contributed by atoms with Crippen LogP contribution in [-0.4, -0.2) is 15.1 Å². The Hall–Kier alpha value is -2.33. The lowest BCUT2D eigenvalue weighted by atomic mass is 10.0. The molecule has 3 rings (SSSR count). The minimum atomic E-state index is 0.241. The lowest BCUT2D eigenvalue weighted by Gasteiger charge is -2.05. The first-order chi connectivity index (χ1) is 9.26. The fourth-order valence-corrected chi connectivity index (χ4v) is 2.24. The van der Waals surface area contributed by atoms with Crippen molar-refractivity contribution in [3.8, 4) is 5.75 Å². The van der Waals surface area contributed by atoms with Crippen LogP contribution in [0.25, 0.3) is 11.0 Å². The number of phenolic OH excluding ortho intramolecular Hbond substituents is 1. The van der Waals surface area contributed by atoms with Gasteiger partial charge in [0.15, 0.2) is 0 Å². The van der Waals surface area contributed by atoms with E-state index in [1.807, 2.05) is 18.2 Å². The third-order valence-electron chi connectivity index (χ3n) is 3.21. The molecule has 19 heavy (non-hydrogen) atoms. The number of fused-ring (bicyclic) bond motifs is 1. The van der Waals surface area contributed by atoms with E-state index in [-0.39, 0.29) is 5.75 Å². The van der Waals surface area contributed by atoms with Crippen molar-refractivity contribution in [2.75, 3.05) is 0 Å². The molecule has 4 heteroatoms. The normalized spacial score (nSPS) is 11.0. The average molecular weight is 253 g/mol. The lowest BCUT2D eigenvalue weighted by Crippen LogP contribution is -2.02. The van der Waals surface area contributed by atoms with Gasteiger partial charge in [-0.1, -0.05) is 24.3 Å². The third kappa shape index (κ3) is 2.30. The summed E-state index contributed by atoms with van der Waals surface area (Å²) in [4.78, 5) is 7.74. The Balaban J connectivity index is 1.96. The number of hydrogen-bond acceptors (Lipinski definition) is 3. The summed E-state index contributed by atoms with van der Waals surface area (Å²) in [5, 5.41) is 9.45. The van der Waals surface area contributed by atoms with Crippen LogP contribution in [-0.2, 0) is 13.0 Å². The molecule has 1 aromatic heterocycles. The van der Waals surface area contributed by atoms with Crippen LogP contribution in [0.3, 0.4) is 0 Å². The molecule has 0 saturated carbocycles. The van der Waals surface area contributed by atoms with Crippen molar-refractivity contribution >= 4 is 11.0 Å². The highest BCUT2D eigenvalue weighted by molar-refractivity contribution is 5.76. The zero-order valence-corrected chi connectivity index (χ0v) is 10.4. The molecular weight excluding hydrogens is 238 g/mol. The highest BCUT2D eigenvalue weighted by atomic mass is 16.3. The van der Waals surface area contributed by atoms with Gasteiger partial charge in [0.25, 0.3) is 0 Å². The van der Waals surface area contributed by atoms with E-state index in [1.54, 1.807) is 18.2 Å². The van der Waals surface area contributed by atoms with Crippen molar-refractivity contribution < 1.29 is 5.11 Å². The van der Waals surface area contributed by atoms with Gasteiger partial charge in [0.2, 0.25) is 0 Å². The first-order valence-electron chi connectivity index (χ1n) is 6.21. The van der Waals surface area contributed by atoms with E-state index < -0.39 is 0 Å². The van der Waals surface area contributed by atoms with Crippen molar-refractivity contribution in [3.05, 3.63) is 59.4 Å². The van der Waals surface area contributed by atoms with Gasteiger partial charge < -0.3 is 15.8 Å². The largest absolute Gasteiger partial charge is 0.508 e. The second-order valence-corrected chi connectivity index (χ2v) is 4.53. The highest BCUT2D eigenvalue weighted by Crippen LogP contribution is 2.19. The van der Waals surface area contributed by atoms with Crippen molar-refractivity contribution in [2.24, 2.45) is 5.73 Å². The number of H-pyrrole nitrogens is 1. The van der Waals surface area contributed by atoms with E-state index in [0.717, 1.165) is 22.4 Å². The van der Waals surface area contributed by atoms with Crippen LogP contribution < -0.4 is 5.73 Å². The molecule has 4 N–H and O–H groups in total. The Kier molecular flexibility index (Phi) is 2.93. The Bertz CT molecular complexity index is 718. The third-order valence-corrected chi connectivity index (χ3v) is 3.21. The molecule has 0 aliphatic carbocycles. The number of aromatic amines is 1. The van der Waals surface area contributed by atoms with Gasteiger partial charge in [-0.15, -0.1) is 0 Å². The van der Waals surface area contributed by atoms with Gasteiger partial charge in [-0.05, 0) is 23.3 Å². The summed E-state index contributed by atoms with van der Waals surface area (Å²) < 4.78 is 0. The molecular formula is C15H15N3O. The predicted octanol–water partition coefficient (Wildman–Crippen LogP) is 2.32. The number of nitrogens with two attached hydrogens (primary N) is 1. The SMILES string of the molecule is NCc1ccccc1Cc1nc2ccc(O)cc2[nH]1. The van der Waals surface area contributed by atoms with Crippen molar-refractivity contribution in [2.45, 2.75) is 13.0 Å². The number of aromatic hydroxyl groups is 1. The maximum Gasteiger partial charge on any atom is 0.117 e. The number of hydrogen-bond donors (Lipinski definition) is 3. The van der Waals surface area contributed by atoms with Crippen LogP contribution >= 0.6 is 0 Å². The van der Waals surface area contributed by atoms with Crippen LogP contribution in [0.1, 0.15) is 17.0 Å². The van der Waals surface area contributed by atoms with Crippen LogP contribution in [0.5, 0.6) is 5.75 Å². The topological polar surface area (TPSA) is 74.9 Å². The lowest BCUT2D eigenvalue weighted by molar-refractivity contribution is 0.476. The quantitative estimate of drug-likeness (QED) is 0.670. The minimum absolute atomic E-state index is 0.241. The summed E-state index contributed by atoms with van der Waals surface area (Å²) in [6.07, 6.45) is 0.711. The number of phenols is 1. The number of benzene rings is 2. The molecule has 0 amide bonds. The number of aromatic nitrogens is 2. The Morgan fingerprint density at radius 1 is 1.11 bits per heavy atom. The molecule has 0 aliphatic rings. The van der Waals surface area contributed by atoms with E-state index in [1.165, 1.54) is 5.56 Å². The Labute approximate surface area is 110 Å². The van der Waals surface area contributed by atoms with E-state index in [2.05, 4.69) is 16.0 Å². The molecule has 0 aliphatic heterocycles. The summed E-state index contributed by atoms with van der Waals surface area (Å²) in [6, 6.07) is 13.2. The summed E-state index contributed by atoms with van der Waals surface area (Å²) >= 11 is 0. The van der Waals surface area contributed by atoms with E-state index in [4.69, 9.17) is 5.73 Å². The molecule has 0 bridgehead atoms. The van der Waals surface area contributed by atoms with Crippen LogP contribution in [0.15, 0.2) is 42.5 Å². The summed E-state index contributed by atoms with van der Waals surface area (Å²) in [6.45, 7) is 0.525. The summed E-state index contributed by atoms with van der Waals surface area (Å²) in [7, 11) is 0. The van der Waals surface area contributed by atoms with E-state index in [0.29, 0.717) is 13.0 Å². The second-order valence-electron chi connectivity index (χ2n) is 4.53. The monoisotopic (exact) mass is 253 g/mol. The van der Waals surface area contributed by atoms with Gasteiger partial charge in [-0.2, -0.15) is 0 Å². The molecule has 0 saturated heterocycles. The van der Waals surface area contributed by atoms with Crippen molar-refractivity contribution in [3.63, 3.8) is 0 Å². The Morgan fingerprint density at radius 2 is 1.89 bits per heavy atom. The first-order valence-corrected chi connectivity index (χ1v) is 6.21. The second kappa shape index (κ2) is 4.74. The van der Waals surface area contributed by atoms with Crippen molar-refractivity contribution in [1.29, 1.82) is 0 Å². The highest BCUT2D eigenvalue weighted by Gasteiger charge is 2.06. The maximum atomic E-state index is 9.45. The molecule has 0 spiro atoms. The van der Waals surface area contributed by atoms with Gasteiger partial charge in [0.1, 0.15) is 11.6 Å². The zero-order valence-electron chi connectivity index (χ0n) is 10.4. The van der Waals surface area contributed by atoms with Gasteiger partial charge in [0, 0.05) is 19.0 Å². The summed E-state index contributed by atoms with van der Waals surface area (Å²) in [5.74, 6) is 1.12. The maximum absolute atomic E-state index is 9.45. The minimum Gasteiger partial charge on any atom is -0.508 e. The molecule has 1 heterocycles. The molecule has 0 unspecified atom stereocenters. The van der Waals surface area contributed by atoms with Gasteiger partial charge in [0.05, 0.1) is 11.0 Å². The molecule has 2 aromatic carbocycles. The molecule has 96 valence electrons. The van der Waals surface area contributed by atoms with Gasteiger partial charge in [-0.3, -0.25) is 0 Å². The summed E-state index contributed by atoms with van der Waals surface area (Å²) in [5.41, 5.74) is 9.75.